The van der Waals surface area contributed by atoms with E-state index in [1.165, 1.54) is 0 Å². The number of hydrogen-bond donors (Lipinski definition) is 1. The molecule has 242 valence electrons. The number of rotatable bonds is 12. The highest BCUT2D eigenvalue weighted by Crippen LogP contribution is 2.20. The molecule has 4 rings (SSSR count). The van der Waals surface area contributed by atoms with Crippen LogP contribution in [0.3, 0.4) is 0 Å². The summed E-state index contributed by atoms with van der Waals surface area (Å²) in [4.78, 5) is 29.5. The molecule has 1 fully saturated rings. The molecule has 45 heavy (non-hydrogen) atoms. The quantitative estimate of drug-likeness (QED) is 0.227. The lowest BCUT2D eigenvalue weighted by Gasteiger charge is -2.34. The Hall–Kier alpha value is -4.04. The summed E-state index contributed by atoms with van der Waals surface area (Å²) in [6, 6.07) is 26.1. The molecule has 0 bridgehead atoms. The van der Waals surface area contributed by atoms with E-state index >= 15 is 0 Å². The molecule has 0 radical (unpaired) electrons. The number of ether oxygens (including phenoxy) is 3. The number of benzene rings is 3. The summed E-state index contributed by atoms with van der Waals surface area (Å²) in [6.07, 6.45) is 1.10. The van der Waals surface area contributed by atoms with E-state index in [4.69, 9.17) is 14.2 Å². The van der Waals surface area contributed by atoms with Crippen LogP contribution in [-0.2, 0) is 35.7 Å². The van der Waals surface area contributed by atoms with E-state index in [1.807, 2.05) is 87.5 Å². The molecule has 1 saturated heterocycles. The maximum absolute atomic E-state index is 13.5. The van der Waals surface area contributed by atoms with Crippen molar-refractivity contribution in [3.05, 3.63) is 101 Å². The first-order chi connectivity index (χ1) is 21.6. The zero-order valence-electron chi connectivity index (χ0n) is 27.5. The number of amides is 2. The van der Waals surface area contributed by atoms with E-state index in [2.05, 4.69) is 31.3 Å². The van der Waals surface area contributed by atoms with Crippen molar-refractivity contribution in [2.75, 3.05) is 19.7 Å². The van der Waals surface area contributed by atoms with Crippen molar-refractivity contribution in [3.63, 3.8) is 0 Å². The number of carbonyl (C=O) groups is 2. The lowest BCUT2D eigenvalue weighted by Crippen LogP contribution is -2.46. The van der Waals surface area contributed by atoms with Crippen LogP contribution in [0.2, 0.25) is 0 Å². The average Bonchev–Trinajstić information content (AvgIpc) is 3.02. The Bertz CT molecular complexity index is 1350. The van der Waals surface area contributed by atoms with Gasteiger partial charge >= 0.3 is 12.2 Å². The molecule has 0 spiro atoms. The van der Waals surface area contributed by atoms with E-state index in [-0.39, 0.29) is 18.8 Å². The first kappa shape index (κ1) is 33.8. The van der Waals surface area contributed by atoms with Crippen molar-refractivity contribution in [1.82, 2.24) is 15.1 Å². The number of likely N-dealkylation sites (tertiary alicyclic amines) is 1. The maximum atomic E-state index is 13.5. The van der Waals surface area contributed by atoms with E-state index < -0.39 is 5.60 Å². The fourth-order valence-electron chi connectivity index (χ4n) is 5.11. The second kappa shape index (κ2) is 16.3. The molecular weight excluding hydrogens is 566 g/mol. The second-order valence-electron chi connectivity index (χ2n) is 13.1. The first-order valence-corrected chi connectivity index (χ1v) is 16.0. The Kier molecular flexibility index (Phi) is 12.3. The molecule has 1 aliphatic heterocycles. The van der Waals surface area contributed by atoms with E-state index in [0.717, 1.165) is 40.8 Å². The Morgan fingerprint density at radius 2 is 1.51 bits per heavy atom. The third-order valence-electron chi connectivity index (χ3n) is 7.55. The molecule has 3 aromatic carbocycles. The molecule has 3 aromatic rings. The summed E-state index contributed by atoms with van der Waals surface area (Å²) >= 11 is 0. The maximum Gasteiger partial charge on any atom is 0.410 e. The Balaban J connectivity index is 1.40. The molecule has 0 aliphatic carbocycles. The minimum Gasteiger partial charge on any atom is -0.493 e. The van der Waals surface area contributed by atoms with Crippen LogP contribution in [0.15, 0.2) is 78.9 Å². The molecule has 0 saturated carbocycles. The lowest BCUT2D eigenvalue weighted by molar-refractivity contribution is 0.0198. The van der Waals surface area contributed by atoms with Crippen LogP contribution < -0.4 is 10.1 Å². The molecule has 2 amide bonds. The minimum atomic E-state index is -0.497. The molecule has 1 N–H and O–H groups in total. The Labute approximate surface area is 268 Å². The topological polar surface area (TPSA) is 80.3 Å². The van der Waals surface area contributed by atoms with Gasteiger partial charge in [-0.2, -0.15) is 0 Å². The van der Waals surface area contributed by atoms with Crippen LogP contribution in [0.5, 0.6) is 5.75 Å². The Morgan fingerprint density at radius 3 is 2.16 bits per heavy atom. The largest absolute Gasteiger partial charge is 0.493 e. The number of carbonyl (C=O) groups excluding carboxylic acids is 2. The third-order valence-corrected chi connectivity index (χ3v) is 7.55. The summed E-state index contributed by atoms with van der Waals surface area (Å²) in [6.45, 7) is 13.6. The molecule has 1 heterocycles. The van der Waals surface area contributed by atoms with Crippen molar-refractivity contribution in [1.29, 1.82) is 0 Å². The molecule has 1 aliphatic rings. The summed E-state index contributed by atoms with van der Waals surface area (Å²) in [7, 11) is 0. The van der Waals surface area contributed by atoms with Gasteiger partial charge in [0.25, 0.3) is 0 Å². The SMILES string of the molecule is CC(C)COc1ccc(CN(Cc2ccccc2CNC2CCN(C(=O)OC(C)(C)C)CC2)C(=O)OCc2ccccc2)cc1. The number of nitrogens with one attached hydrogen (secondary N) is 1. The van der Waals surface area contributed by atoms with E-state index in [0.29, 0.717) is 51.3 Å². The molecular formula is C37H49N3O5. The van der Waals surface area contributed by atoms with Crippen LogP contribution in [0, 0.1) is 5.92 Å². The molecule has 8 heteroatoms. The van der Waals surface area contributed by atoms with Crippen molar-refractivity contribution in [3.8, 4) is 5.75 Å². The fourth-order valence-corrected chi connectivity index (χ4v) is 5.11. The zero-order valence-corrected chi connectivity index (χ0v) is 27.5. The van der Waals surface area contributed by atoms with Gasteiger partial charge in [-0.1, -0.05) is 80.6 Å². The fraction of sp³-hybridized carbons (Fsp3) is 0.459. The smallest absolute Gasteiger partial charge is 0.410 e. The first-order valence-electron chi connectivity index (χ1n) is 16.0. The minimum absolute atomic E-state index is 0.212. The van der Waals surface area contributed by atoms with Crippen molar-refractivity contribution < 1.29 is 23.8 Å². The van der Waals surface area contributed by atoms with Crippen molar-refractivity contribution >= 4 is 12.2 Å². The van der Waals surface area contributed by atoms with Crippen LogP contribution in [0.1, 0.15) is 69.7 Å². The van der Waals surface area contributed by atoms with E-state index in [9.17, 15) is 9.59 Å². The normalized spacial score (nSPS) is 13.9. The summed E-state index contributed by atoms with van der Waals surface area (Å²) in [5, 5.41) is 3.68. The van der Waals surface area contributed by atoms with Crippen LogP contribution in [0.4, 0.5) is 9.59 Å². The standard InChI is InChI=1S/C37H49N3O5/c1-28(2)26-43-34-17-15-29(16-18-34)24-40(35(41)44-27-30-11-7-6-8-12-30)25-32-14-10-9-13-31(32)23-38-33-19-21-39(22-20-33)36(42)45-37(3,4)5/h6-18,28,33,38H,19-27H2,1-5H3. The number of hydrogen-bond acceptors (Lipinski definition) is 6. The Morgan fingerprint density at radius 1 is 0.867 bits per heavy atom. The molecule has 8 nitrogen and oxygen atoms in total. The van der Waals surface area contributed by atoms with Gasteiger partial charge in [-0.15, -0.1) is 0 Å². The summed E-state index contributed by atoms with van der Waals surface area (Å²) in [5.74, 6) is 1.26. The van der Waals surface area contributed by atoms with Gasteiger partial charge in [-0.05, 0) is 73.9 Å². The average molecular weight is 616 g/mol. The second-order valence-corrected chi connectivity index (χ2v) is 13.1. The highest BCUT2D eigenvalue weighted by Gasteiger charge is 2.27. The zero-order chi connectivity index (χ0) is 32.2. The summed E-state index contributed by atoms with van der Waals surface area (Å²) in [5.41, 5.74) is 3.63. The number of piperidine rings is 1. The highest BCUT2D eigenvalue weighted by atomic mass is 16.6. The van der Waals surface area contributed by atoms with Gasteiger partial charge < -0.3 is 24.4 Å². The van der Waals surface area contributed by atoms with Gasteiger partial charge in [0.2, 0.25) is 0 Å². The van der Waals surface area contributed by atoms with Gasteiger partial charge in [-0.3, -0.25) is 4.90 Å². The van der Waals surface area contributed by atoms with Gasteiger partial charge in [0.05, 0.1) is 6.61 Å². The third kappa shape index (κ3) is 11.4. The van der Waals surface area contributed by atoms with Crippen molar-refractivity contribution in [2.45, 2.75) is 85.3 Å². The molecule has 0 atom stereocenters. The highest BCUT2D eigenvalue weighted by molar-refractivity contribution is 5.68. The molecule has 0 unspecified atom stereocenters. The monoisotopic (exact) mass is 615 g/mol. The van der Waals surface area contributed by atoms with Crippen LogP contribution >= 0.6 is 0 Å². The van der Waals surface area contributed by atoms with Gasteiger partial charge in [-0.25, -0.2) is 9.59 Å². The lowest BCUT2D eigenvalue weighted by atomic mass is 10.0. The van der Waals surface area contributed by atoms with E-state index in [1.54, 1.807) is 9.80 Å². The van der Waals surface area contributed by atoms with Gasteiger partial charge in [0.15, 0.2) is 0 Å². The predicted molar refractivity (Wildman–Crippen MR) is 177 cm³/mol. The van der Waals surface area contributed by atoms with Gasteiger partial charge in [0.1, 0.15) is 18.0 Å². The van der Waals surface area contributed by atoms with Gasteiger partial charge in [0, 0.05) is 38.8 Å². The van der Waals surface area contributed by atoms with Crippen molar-refractivity contribution in [2.24, 2.45) is 5.92 Å². The summed E-state index contributed by atoms with van der Waals surface area (Å²) < 4.78 is 17.2. The van der Waals surface area contributed by atoms with Crippen LogP contribution in [0.25, 0.3) is 0 Å². The predicted octanol–water partition coefficient (Wildman–Crippen LogP) is 7.55. The number of nitrogens with zero attached hydrogens (tertiary/aromatic N) is 2. The molecule has 0 aromatic heterocycles. The van der Waals surface area contributed by atoms with Crippen LogP contribution in [-0.4, -0.2) is 53.3 Å².